The van der Waals surface area contributed by atoms with Gasteiger partial charge in [-0.05, 0) is 42.8 Å². The van der Waals surface area contributed by atoms with Crippen molar-refractivity contribution in [3.05, 3.63) is 72.3 Å². The highest BCUT2D eigenvalue weighted by molar-refractivity contribution is 7.89. The molecule has 1 aliphatic heterocycles. The van der Waals surface area contributed by atoms with Gasteiger partial charge in [-0.25, -0.2) is 13.4 Å². The van der Waals surface area contributed by atoms with Crippen LogP contribution in [-0.4, -0.2) is 60.4 Å². The minimum atomic E-state index is -3.71. The molecule has 0 radical (unpaired) electrons. The monoisotopic (exact) mass is 497 g/mol. The number of sulfonamides is 1. The van der Waals surface area contributed by atoms with Crippen LogP contribution in [-0.2, 0) is 26.1 Å². The molecule has 3 aromatic rings. The smallest absolute Gasteiger partial charge is 0.255 e. The van der Waals surface area contributed by atoms with E-state index in [4.69, 9.17) is 4.74 Å². The van der Waals surface area contributed by atoms with Gasteiger partial charge in [0.15, 0.2) is 0 Å². The zero-order chi connectivity index (χ0) is 24.8. The van der Waals surface area contributed by atoms with Crippen LogP contribution in [0, 0.1) is 6.92 Å². The molecule has 1 aliphatic rings. The highest BCUT2D eigenvalue weighted by Gasteiger charge is 2.28. The Morgan fingerprint density at radius 2 is 1.83 bits per heavy atom. The predicted molar refractivity (Wildman–Crippen MR) is 131 cm³/mol. The summed E-state index contributed by atoms with van der Waals surface area (Å²) in [5.41, 5.74) is 1.78. The number of morpholine rings is 1. The van der Waals surface area contributed by atoms with Crippen molar-refractivity contribution in [3.63, 3.8) is 0 Å². The third-order valence-electron chi connectivity index (χ3n) is 5.60. The molecule has 1 aromatic heterocycles. The maximum absolute atomic E-state index is 13.1. The van der Waals surface area contributed by atoms with Crippen LogP contribution in [0.15, 0.2) is 66.1 Å². The third-order valence-corrected chi connectivity index (χ3v) is 7.64. The fourth-order valence-electron chi connectivity index (χ4n) is 3.70. The second kappa shape index (κ2) is 10.8. The molecule has 1 fully saturated rings. The molecule has 0 atom stereocenters. The lowest BCUT2D eigenvalue weighted by molar-refractivity contribution is -0.116. The summed E-state index contributed by atoms with van der Waals surface area (Å²) in [7, 11) is -3.71. The summed E-state index contributed by atoms with van der Waals surface area (Å²) in [6.45, 7) is 3.50. The van der Waals surface area contributed by atoms with Crippen molar-refractivity contribution in [2.75, 3.05) is 36.9 Å². The number of anilines is 2. The quantitative estimate of drug-likeness (QED) is 0.493. The van der Waals surface area contributed by atoms with E-state index in [0.717, 1.165) is 0 Å². The number of hydrogen-bond donors (Lipinski definition) is 2. The van der Waals surface area contributed by atoms with Crippen LogP contribution in [0.3, 0.4) is 0 Å². The van der Waals surface area contributed by atoms with Gasteiger partial charge in [-0.15, -0.1) is 0 Å². The summed E-state index contributed by atoms with van der Waals surface area (Å²) in [5, 5.41) is 5.54. The van der Waals surface area contributed by atoms with E-state index in [1.54, 1.807) is 66.6 Å². The number of nitrogens with zero attached hydrogens (tertiary/aromatic N) is 3. The second-order valence-corrected chi connectivity index (χ2v) is 10.0. The zero-order valence-electron chi connectivity index (χ0n) is 19.3. The fourth-order valence-corrected chi connectivity index (χ4v) is 5.36. The van der Waals surface area contributed by atoms with Crippen molar-refractivity contribution in [1.82, 2.24) is 13.9 Å². The molecule has 0 aliphatic carbocycles. The predicted octanol–water partition coefficient (Wildman–Crippen LogP) is 2.49. The van der Waals surface area contributed by atoms with E-state index in [0.29, 0.717) is 55.3 Å². The number of benzene rings is 2. The zero-order valence-corrected chi connectivity index (χ0v) is 20.1. The van der Waals surface area contributed by atoms with Crippen LogP contribution in [0.2, 0.25) is 0 Å². The van der Waals surface area contributed by atoms with Gasteiger partial charge >= 0.3 is 0 Å². The largest absolute Gasteiger partial charge is 0.379 e. The van der Waals surface area contributed by atoms with Gasteiger partial charge < -0.3 is 19.9 Å². The van der Waals surface area contributed by atoms with Crippen LogP contribution in [0.25, 0.3) is 0 Å². The van der Waals surface area contributed by atoms with Crippen LogP contribution in [0.4, 0.5) is 11.4 Å². The van der Waals surface area contributed by atoms with Crippen molar-refractivity contribution < 1.29 is 22.7 Å². The summed E-state index contributed by atoms with van der Waals surface area (Å²) in [5.74, 6) is -0.606. The number of ether oxygens (including phenoxy) is 1. The number of aryl methyl sites for hydroxylation is 2. The Hall–Kier alpha value is -3.54. The van der Waals surface area contributed by atoms with E-state index in [1.807, 2.05) is 0 Å². The fraction of sp³-hybridized carbons (Fsp3) is 0.292. The first-order chi connectivity index (χ1) is 16.8. The summed E-state index contributed by atoms with van der Waals surface area (Å²) in [6.07, 6.45) is 5.33. The van der Waals surface area contributed by atoms with Crippen molar-refractivity contribution >= 4 is 33.2 Å². The Morgan fingerprint density at radius 3 is 2.57 bits per heavy atom. The second-order valence-electron chi connectivity index (χ2n) is 8.13. The lowest BCUT2D eigenvalue weighted by Gasteiger charge is -2.26. The molecule has 0 spiro atoms. The Kier molecular flexibility index (Phi) is 7.59. The Labute approximate surface area is 204 Å². The van der Waals surface area contributed by atoms with E-state index < -0.39 is 15.9 Å². The average Bonchev–Trinajstić information content (AvgIpc) is 3.38. The van der Waals surface area contributed by atoms with Crippen LogP contribution >= 0.6 is 0 Å². The molecule has 2 aromatic carbocycles. The molecule has 2 N–H and O–H groups in total. The molecular weight excluding hydrogens is 470 g/mol. The minimum absolute atomic E-state index is 0.149. The summed E-state index contributed by atoms with van der Waals surface area (Å²) < 4.78 is 34.7. The molecule has 2 heterocycles. The topological polar surface area (TPSA) is 123 Å². The van der Waals surface area contributed by atoms with E-state index >= 15 is 0 Å². The Bertz CT molecular complexity index is 1300. The van der Waals surface area contributed by atoms with Gasteiger partial charge in [-0.3, -0.25) is 9.59 Å². The van der Waals surface area contributed by atoms with E-state index in [9.17, 15) is 18.0 Å². The van der Waals surface area contributed by atoms with E-state index in [2.05, 4.69) is 15.6 Å². The minimum Gasteiger partial charge on any atom is -0.379 e. The van der Waals surface area contributed by atoms with Gasteiger partial charge in [0.1, 0.15) is 0 Å². The number of nitrogens with one attached hydrogen (secondary N) is 2. The number of imidazole rings is 1. The van der Waals surface area contributed by atoms with Crippen molar-refractivity contribution in [2.45, 2.75) is 24.8 Å². The molecular formula is C24H27N5O5S. The first kappa shape index (κ1) is 24.6. The lowest BCUT2D eigenvalue weighted by Crippen LogP contribution is -2.40. The van der Waals surface area contributed by atoms with Crippen LogP contribution < -0.4 is 10.6 Å². The van der Waals surface area contributed by atoms with Crippen LogP contribution in [0.5, 0.6) is 0 Å². The molecule has 0 bridgehead atoms. The van der Waals surface area contributed by atoms with E-state index in [1.165, 1.54) is 10.4 Å². The molecule has 11 heteroatoms. The maximum Gasteiger partial charge on any atom is 0.255 e. The molecule has 1 saturated heterocycles. The summed E-state index contributed by atoms with van der Waals surface area (Å²) in [6, 6.07) is 11.4. The number of amides is 2. The maximum atomic E-state index is 13.1. The third kappa shape index (κ3) is 6.13. The highest BCUT2D eigenvalue weighted by Crippen LogP contribution is 2.25. The molecule has 2 amide bonds. The van der Waals surface area contributed by atoms with Gasteiger partial charge in [-0.2, -0.15) is 4.31 Å². The first-order valence-corrected chi connectivity index (χ1v) is 12.6. The molecule has 35 heavy (non-hydrogen) atoms. The Balaban J connectivity index is 1.43. The number of aromatic nitrogens is 2. The normalized spacial score (nSPS) is 14.4. The standard InChI is InChI=1S/C24H27N5O5S/c1-18-5-6-21(16-22(18)35(32,33)29-11-13-34-14-12-29)27-24(31)19-3-2-4-20(15-19)26-23(30)7-9-28-10-8-25-17-28/h2-6,8,10,15-17H,7,9,11-14H2,1H3,(H,26,30)(H,27,31). The number of carbonyl (C=O) groups excluding carboxylic acids is 2. The van der Waals surface area contributed by atoms with Crippen molar-refractivity contribution in [2.24, 2.45) is 0 Å². The average molecular weight is 498 g/mol. The van der Waals surface area contributed by atoms with Crippen molar-refractivity contribution in [1.29, 1.82) is 0 Å². The Morgan fingerprint density at radius 1 is 1.06 bits per heavy atom. The van der Waals surface area contributed by atoms with Gasteiger partial charge in [0.2, 0.25) is 15.9 Å². The molecule has 184 valence electrons. The summed E-state index contributed by atoms with van der Waals surface area (Å²) >= 11 is 0. The number of hydrogen-bond acceptors (Lipinski definition) is 6. The number of carbonyl (C=O) groups is 2. The molecule has 4 rings (SSSR count). The highest BCUT2D eigenvalue weighted by atomic mass is 32.2. The molecule has 0 saturated carbocycles. The SMILES string of the molecule is Cc1ccc(NC(=O)c2cccc(NC(=O)CCn3ccnc3)c2)cc1S(=O)(=O)N1CCOCC1. The van der Waals surface area contributed by atoms with Crippen molar-refractivity contribution in [3.8, 4) is 0 Å². The first-order valence-electron chi connectivity index (χ1n) is 11.2. The van der Waals surface area contributed by atoms with Gasteiger partial charge in [0, 0.05) is 55.4 Å². The van der Waals surface area contributed by atoms with E-state index in [-0.39, 0.29) is 17.2 Å². The molecule has 0 unspecified atom stereocenters. The lowest BCUT2D eigenvalue weighted by atomic mass is 10.1. The molecule has 10 nitrogen and oxygen atoms in total. The number of rotatable bonds is 8. The van der Waals surface area contributed by atoms with Gasteiger partial charge in [0.25, 0.3) is 5.91 Å². The summed E-state index contributed by atoms with van der Waals surface area (Å²) in [4.78, 5) is 29.2. The van der Waals surface area contributed by atoms with Gasteiger partial charge in [-0.1, -0.05) is 12.1 Å². The van der Waals surface area contributed by atoms with Gasteiger partial charge in [0.05, 0.1) is 24.4 Å². The van der Waals surface area contributed by atoms with Crippen LogP contribution in [0.1, 0.15) is 22.3 Å².